The maximum atomic E-state index is 13.1. The second kappa shape index (κ2) is 8.70. The van der Waals surface area contributed by atoms with Crippen LogP contribution in [-0.4, -0.2) is 57.0 Å². The van der Waals surface area contributed by atoms with Crippen LogP contribution in [0, 0.1) is 0 Å². The standard InChI is InChI=1S/C24H28N6O2/c1-17(24(32)25-19-7-2-3-8-20(19)29-14-6-10-22(29)31)28-15-11-18(12-16-28)23-27-26-21-9-4-5-13-30(21)23/h2-5,7-9,13,17-18H,6,10-12,14-16H2,1H3,(H,25,32). The Morgan fingerprint density at radius 3 is 2.62 bits per heavy atom. The molecule has 2 amide bonds. The van der Waals surface area contributed by atoms with Crippen LogP contribution in [0.4, 0.5) is 11.4 Å². The molecule has 1 unspecified atom stereocenters. The monoisotopic (exact) mass is 432 g/mol. The number of nitrogens with one attached hydrogen (secondary N) is 1. The topological polar surface area (TPSA) is 82.8 Å². The number of rotatable bonds is 5. The quantitative estimate of drug-likeness (QED) is 0.670. The number of para-hydroxylation sites is 2. The zero-order chi connectivity index (χ0) is 22.1. The normalized spacial score (nSPS) is 18.9. The largest absolute Gasteiger partial charge is 0.323 e. The molecule has 4 heterocycles. The van der Waals surface area contributed by atoms with Crippen molar-refractivity contribution < 1.29 is 9.59 Å². The third kappa shape index (κ3) is 3.86. The first kappa shape index (κ1) is 20.6. The molecule has 0 spiro atoms. The van der Waals surface area contributed by atoms with Gasteiger partial charge < -0.3 is 10.2 Å². The molecule has 32 heavy (non-hydrogen) atoms. The molecule has 3 aromatic rings. The van der Waals surface area contributed by atoms with Crippen molar-refractivity contribution in [3.63, 3.8) is 0 Å². The summed E-state index contributed by atoms with van der Waals surface area (Å²) in [4.78, 5) is 29.3. The van der Waals surface area contributed by atoms with Gasteiger partial charge in [0.1, 0.15) is 5.82 Å². The number of carbonyl (C=O) groups excluding carboxylic acids is 2. The predicted octanol–water partition coefficient (Wildman–Crippen LogP) is 3.06. The lowest BCUT2D eigenvalue weighted by molar-refractivity contribution is -0.121. The summed E-state index contributed by atoms with van der Waals surface area (Å²) in [5.41, 5.74) is 2.35. The van der Waals surface area contributed by atoms with Gasteiger partial charge in [0, 0.05) is 25.1 Å². The van der Waals surface area contributed by atoms with Crippen molar-refractivity contribution in [2.24, 2.45) is 0 Å². The molecular weight excluding hydrogens is 404 g/mol. The van der Waals surface area contributed by atoms with E-state index in [2.05, 4.69) is 24.8 Å². The van der Waals surface area contributed by atoms with Crippen LogP contribution in [0.3, 0.4) is 0 Å². The number of aromatic nitrogens is 3. The number of benzene rings is 1. The molecule has 5 rings (SSSR count). The smallest absolute Gasteiger partial charge is 0.241 e. The minimum Gasteiger partial charge on any atom is -0.323 e. The lowest BCUT2D eigenvalue weighted by atomic mass is 9.95. The summed E-state index contributed by atoms with van der Waals surface area (Å²) in [5, 5.41) is 11.8. The van der Waals surface area contributed by atoms with E-state index < -0.39 is 0 Å². The van der Waals surface area contributed by atoms with Gasteiger partial charge in [0.25, 0.3) is 0 Å². The number of nitrogens with zero attached hydrogens (tertiary/aromatic N) is 5. The van der Waals surface area contributed by atoms with Crippen LogP contribution in [0.1, 0.15) is 44.3 Å². The number of piperidine rings is 1. The Labute approximate surface area is 187 Å². The van der Waals surface area contributed by atoms with Crippen molar-refractivity contribution in [2.45, 2.75) is 44.6 Å². The Morgan fingerprint density at radius 2 is 1.84 bits per heavy atom. The highest BCUT2D eigenvalue weighted by atomic mass is 16.2. The van der Waals surface area contributed by atoms with E-state index in [-0.39, 0.29) is 17.9 Å². The van der Waals surface area contributed by atoms with Gasteiger partial charge in [-0.3, -0.25) is 18.9 Å². The van der Waals surface area contributed by atoms with Crippen molar-refractivity contribution in [3.8, 4) is 0 Å². The zero-order valence-corrected chi connectivity index (χ0v) is 18.3. The number of hydrogen-bond donors (Lipinski definition) is 1. The van der Waals surface area contributed by atoms with E-state index in [1.165, 1.54) is 0 Å². The number of amides is 2. The maximum absolute atomic E-state index is 13.1. The fraction of sp³-hybridized carbons (Fsp3) is 0.417. The summed E-state index contributed by atoms with van der Waals surface area (Å²) < 4.78 is 2.06. The van der Waals surface area contributed by atoms with E-state index in [0.29, 0.717) is 24.6 Å². The van der Waals surface area contributed by atoms with Crippen LogP contribution in [0.25, 0.3) is 5.65 Å². The Kier molecular flexibility index (Phi) is 5.61. The van der Waals surface area contributed by atoms with Gasteiger partial charge in [0.05, 0.1) is 17.4 Å². The predicted molar refractivity (Wildman–Crippen MR) is 123 cm³/mol. The highest BCUT2D eigenvalue weighted by Gasteiger charge is 2.30. The fourth-order valence-corrected chi connectivity index (χ4v) is 4.80. The molecule has 2 fully saturated rings. The summed E-state index contributed by atoms with van der Waals surface area (Å²) in [5.74, 6) is 1.40. The molecule has 0 bridgehead atoms. The van der Waals surface area contributed by atoms with Gasteiger partial charge in [-0.1, -0.05) is 18.2 Å². The molecule has 2 aliphatic heterocycles. The molecule has 1 N–H and O–H groups in total. The third-order valence-corrected chi connectivity index (χ3v) is 6.69. The van der Waals surface area contributed by atoms with Crippen LogP contribution < -0.4 is 10.2 Å². The summed E-state index contributed by atoms with van der Waals surface area (Å²) >= 11 is 0. The second-order valence-corrected chi connectivity index (χ2v) is 8.63. The lowest BCUT2D eigenvalue weighted by Crippen LogP contribution is -2.46. The zero-order valence-electron chi connectivity index (χ0n) is 18.3. The number of likely N-dealkylation sites (tertiary alicyclic amines) is 1. The Morgan fingerprint density at radius 1 is 1.06 bits per heavy atom. The fourth-order valence-electron chi connectivity index (χ4n) is 4.80. The van der Waals surface area contributed by atoms with Crippen LogP contribution in [-0.2, 0) is 9.59 Å². The van der Waals surface area contributed by atoms with E-state index in [1.807, 2.05) is 55.6 Å². The van der Waals surface area contributed by atoms with Crippen LogP contribution in [0.15, 0.2) is 48.7 Å². The van der Waals surface area contributed by atoms with Crippen LogP contribution >= 0.6 is 0 Å². The molecule has 1 aromatic carbocycles. The van der Waals surface area contributed by atoms with Gasteiger partial charge in [0.2, 0.25) is 11.8 Å². The molecule has 0 aliphatic carbocycles. The molecule has 0 radical (unpaired) electrons. The summed E-state index contributed by atoms with van der Waals surface area (Å²) in [6, 6.07) is 13.2. The molecule has 0 saturated carbocycles. The maximum Gasteiger partial charge on any atom is 0.241 e. The first-order valence-electron chi connectivity index (χ1n) is 11.4. The highest BCUT2D eigenvalue weighted by molar-refractivity contribution is 6.03. The molecule has 2 saturated heterocycles. The van der Waals surface area contributed by atoms with Crippen molar-refractivity contribution in [1.29, 1.82) is 0 Å². The number of fused-ring (bicyclic) bond motifs is 1. The second-order valence-electron chi connectivity index (χ2n) is 8.63. The van der Waals surface area contributed by atoms with Crippen molar-refractivity contribution in [2.75, 3.05) is 29.9 Å². The molecule has 2 aromatic heterocycles. The van der Waals surface area contributed by atoms with Gasteiger partial charge in [-0.05, 0) is 63.5 Å². The minimum absolute atomic E-state index is 0.0459. The molecule has 8 nitrogen and oxygen atoms in total. The van der Waals surface area contributed by atoms with E-state index in [0.717, 1.165) is 49.5 Å². The van der Waals surface area contributed by atoms with Gasteiger partial charge in [-0.2, -0.15) is 0 Å². The Balaban J connectivity index is 1.23. The summed E-state index contributed by atoms with van der Waals surface area (Å²) in [6.07, 6.45) is 5.30. The SMILES string of the molecule is CC(C(=O)Nc1ccccc1N1CCCC1=O)N1CCC(c2nnc3ccccn23)CC1. The van der Waals surface area contributed by atoms with Gasteiger partial charge in [-0.15, -0.1) is 10.2 Å². The minimum atomic E-state index is -0.256. The first-order chi connectivity index (χ1) is 15.6. The average molecular weight is 433 g/mol. The van der Waals surface area contributed by atoms with Crippen molar-refractivity contribution >= 4 is 28.8 Å². The number of anilines is 2. The van der Waals surface area contributed by atoms with E-state index in [1.54, 1.807) is 4.90 Å². The summed E-state index contributed by atoms with van der Waals surface area (Å²) in [7, 11) is 0. The third-order valence-electron chi connectivity index (χ3n) is 6.69. The number of carbonyl (C=O) groups is 2. The Bertz CT molecular complexity index is 1130. The van der Waals surface area contributed by atoms with Crippen LogP contribution in [0.2, 0.25) is 0 Å². The first-order valence-corrected chi connectivity index (χ1v) is 11.4. The van der Waals surface area contributed by atoms with E-state index in [9.17, 15) is 9.59 Å². The summed E-state index contributed by atoms with van der Waals surface area (Å²) in [6.45, 7) is 4.30. The van der Waals surface area contributed by atoms with Gasteiger partial charge >= 0.3 is 0 Å². The van der Waals surface area contributed by atoms with Crippen molar-refractivity contribution in [1.82, 2.24) is 19.5 Å². The van der Waals surface area contributed by atoms with Gasteiger partial charge in [-0.25, -0.2) is 0 Å². The van der Waals surface area contributed by atoms with Gasteiger partial charge in [0.15, 0.2) is 5.65 Å². The van der Waals surface area contributed by atoms with E-state index in [4.69, 9.17) is 0 Å². The average Bonchev–Trinajstić information content (AvgIpc) is 3.45. The van der Waals surface area contributed by atoms with Crippen LogP contribution in [0.5, 0.6) is 0 Å². The lowest BCUT2D eigenvalue weighted by Gasteiger charge is -2.35. The van der Waals surface area contributed by atoms with E-state index >= 15 is 0 Å². The number of hydrogen-bond acceptors (Lipinski definition) is 5. The molecular formula is C24H28N6O2. The Hall–Kier alpha value is -3.26. The highest BCUT2D eigenvalue weighted by Crippen LogP contribution is 2.31. The molecule has 1 atom stereocenters. The number of pyridine rings is 1. The molecule has 8 heteroatoms. The van der Waals surface area contributed by atoms with Crippen molar-refractivity contribution in [3.05, 3.63) is 54.5 Å². The molecule has 2 aliphatic rings. The molecule has 166 valence electrons.